The summed E-state index contributed by atoms with van der Waals surface area (Å²) in [5.74, 6) is 0.897. The van der Waals surface area contributed by atoms with Crippen molar-refractivity contribution in [2.24, 2.45) is 5.92 Å². The highest BCUT2D eigenvalue weighted by Gasteiger charge is 2.40. The minimum atomic E-state index is -0.955. The summed E-state index contributed by atoms with van der Waals surface area (Å²) in [6, 6.07) is 13.3. The van der Waals surface area contributed by atoms with E-state index >= 15 is 0 Å². The van der Waals surface area contributed by atoms with Crippen LogP contribution in [0.2, 0.25) is 0 Å². The molecule has 2 N–H and O–H groups in total. The predicted octanol–water partition coefficient (Wildman–Crippen LogP) is 5.49. The Labute approximate surface area is 206 Å². The van der Waals surface area contributed by atoms with Gasteiger partial charge >= 0.3 is 12.1 Å². The molecule has 7 nitrogen and oxygen atoms in total. The van der Waals surface area contributed by atoms with Gasteiger partial charge in [0.2, 0.25) is 0 Å². The minimum Gasteiger partial charge on any atom is -0.493 e. The van der Waals surface area contributed by atoms with Crippen molar-refractivity contribution in [3.63, 3.8) is 0 Å². The summed E-state index contributed by atoms with van der Waals surface area (Å²) in [4.78, 5) is 28.2. The van der Waals surface area contributed by atoms with Crippen LogP contribution in [0.25, 0.3) is 0 Å². The van der Waals surface area contributed by atoms with Crippen LogP contribution in [-0.4, -0.2) is 51.8 Å². The first-order chi connectivity index (χ1) is 16.5. The van der Waals surface area contributed by atoms with Crippen LogP contribution in [0.5, 0.6) is 5.75 Å². The summed E-state index contributed by atoms with van der Waals surface area (Å²) < 4.78 is 19.1. The van der Waals surface area contributed by atoms with E-state index in [4.69, 9.17) is 4.74 Å². The first-order valence-electron chi connectivity index (χ1n) is 12.1. The Kier molecular flexibility index (Phi) is 8.59. The zero-order valence-electron chi connectivity index (χ0n) is 21.0. The fourth-order valence-corrected chi connectivity index (χ4v) is 4.39. The maximum absolute atomic E-state index is 13.4. The van der Waals surface area contributed by atoms with Crippen molar-refractivity contribution in [3.8, 4) is 5.75 Å². The number of carbonyl (C=O) groups is 2. The monoisotopic (exact) mass is 485 g/mol. The van der Waals surface area contributed by atoms with Crippen LogP contribution in [0.1, 0.15) is 51.7 Å². The lowest BCUT2D eigenvalue weighted by molar-refractivity contribution is 0.0317. The van der Waals surface area contributed by atoms with Crippen molar-refractivity contribution >= 4 is 12.1 Å². The molecule has 190 valence electrons. The van der Waals surface area contributed by atoms with E-state index in [-0.39, 0.29) is 17.9 Å². The summed E-state index contributed by atoms with van der Waals surface area (Å²) in [6.45, 7) is 9.59. The smallest absolute Gasteiger partial charge is 0.407 e. The fraction of sp³-hybridized carbons (Fsp3) is 0.481. The number of amides is 3. The van der Waals surface area contributed by atoms with Crippen molar-refractivity contribution in [2.75, 3.05) is 13.2 Å². The average molecular weight is 486 g/mol. The van der Waals surface area contributed by atoms with Crippen LogP contribution < -0.4 is 10.1 Å². The van der Waals surface area contributed by atoms with Gasteiger partial charge in [0.25, 0.3) is 0 Å². The molecule has 1 saturated heterocycles. The molecule has 0 saturated carbocycles. The molecule has 0 bridgehead atoms. The molecule has 35 heavy (non-hydrogen) atoms. The number of likely N-dealkylation sites (tertiary alicyclic amines) is 1. The second-order valence-corrected chi connectivity index (χ2v) is 10.2. The first kappa shape index (κ1) is 26.3. The molecule has 0 unspecified atom stereocenters. The lowest BCUT2D eigenvalue weighted by Gasteiger charge is -2.47. The number of benzene rings is 2. The van der Waals surface area contributed by atoms with Crippen LogP contribution in [0, 0.1) is 11.7 Å². The van der Waals surface area contributed by atoms with E-state index in [0.29, 0.717) is 45.0 Å². The summed E-state index contributed by atoms with van der Waals surface area (Å²) in [6.07, 6.45) is 0.0889. The van der Waals surface area contributed by atoms with Crippen LogP contribution in [0.15, 0.2) is 48.5 Å². The standard InChI is InChI=1S/C27H36FN3O4/c1-19(2)18-35-24-11-7-20(8-12-24)16-29-25(32)30(17-21-5-9-22(28)10-6-21)23-13-14-31(26(33)34)27(3,4)15-23/h5-12,19,23H,13-18H2,1-4H3,(H,29,32)(H,33,34)/t23-/m0/s1. The van der Waals surface area contributed by atoms with Gasteiger partial charge in [-0.25, -0.2) is 14.0 Å². The molecular formula is C27H36FN3O4. The van der Waals surface area contributed by atoms with Gasteiger partial charge < -0.3 is 25.0 Å². The number of ether oxygens (including phenoxy) is 1. The lowest BCUT2D eigenvalue weighted by Crippen LogP contribution is -2.58. The number of nitrogens with one attached hydrogen (secondary N) is 1. The Balaban J connectivity index is 1.70. The maximum atomic E-state index is 13.4. The number of nitrogens with zero attached hydrogens (tertiary/aromatic N) is 2. The summed E-state index contributed by atoms with van der Waals surface area (Å²) in [5.41, 5.74) is 1.15. The first-order valence-corrected chi connectivity index (χ1v) is 12.1. The third-order valence-corrected chi connectivity index (χ3v) is 6.30. The Bertz CT molecular complexity index is 992. The molecule has 1 atom stereocenters. The maximum Gasteiger partial charge on any atom is 0.407 e. The van der Waals surface area contributed by atoms with Gasteiger partial charge in [-0.1, -0.05) is 38.1 Å². The molecule has 0 aromatic heterocycles. The summed E-state index contributed by atoms with van der Waals surface area (Å²) >= 11 is 0. The molecule has 8 heteroatoms. The van der Waals surface area contributed by atoms with E-state index in [1.165, 1.54) is 17.0 Å². The van der Waals surface area contributed by atoms with Crippen molar-refractivity contribution in [3.05, 3.63) is 65.5 Å². The van der Waals surface area contributed by atoms with E-state index in [1.807, 2.05) is 38.1 Å². The number of carbonyl (C=O) groups excluding carboxylic acids is 1. The average Bonchev–Trinajstić information content (AvgIpc) is 2.80. The number of halogens is 1. The second kappa shape index (κ2) is 11.4. The van der Waals surface area contributed by atoms with Gasteiger partial charge in [0.15, 0.2) is 0 Å². The van der Waals surface area contributed by atoms with Gasteiger partial charge in [-0.15, -0.1) is 0 Å². The zero-order chi connectivity index (χ0) is 25.6. The highest BCUT2D eigenvalue weighted by atomic mass is 19.1. The number of rotatable bonds is 8. The molecule has 0 spiro atoms. The molecule has 1 aliphatic heterocycles. The quantitative estimate of drug-likeness (QED) is 0.518. The van der Waals surface area contributed by atoms with Crippen LogP contribution in [-0.2, 0) is 13.1 Å². The van der Waals surface area contributed by atoms with Crippen molar-refractivity contribution in [1.82, 2.24) is 15.1 Å². The van der Waals surface area contributed by atoms with Gasteiger partial charge in [-0.3, -0.25) is 0 Å². The molecule has 0 aliphatic carbocycles. The van der Waals surface area contributed by atoms with E-state index in [0.717, 1.165) is 16.9 Å². The van der Waals surface area contributed by atoms with Gasteiger partial charge in [0.05, 0.1) is 6.61 Å². The number of urea groups is 1. The number of hydrogen-bond donors (Lipinski definition) is 2. The van der Waals surface area contributed by atoms with Gasteiger partial charge in [0, 0.05) is 31.2 Å². The highest BCUT2D eigenvalue weighted by Crippen LogP contribution is 2.31. The Hall–Kier alpha value is -3.29. The molecule has 2 aromatic carbocycles. The van der Waals surface area contributed by atoms with E-state index in [1.54, 1.807) is 17.0 Å². The molecule has 3 rings (SSSR count). The fourth-order valence-electron chi connectivity index (χ4n) is 4.39. The van der Waals surface area contributed by atoms with Gasteiger partial charge in [-0.05, 0) is 68.0 Å². The molecule has 1 heterocycles. The van der Waals surface area contributed by atoms with Crippen molar-refractivity contribution < 1.29 is 23.8 Å². The molecule has 0 radical (unpaired) electrons. The summed E-state index contributed by atoms with van der Waals surface area (Å²) in [5, 5.41) is 12.5. The van der Waals surface area contributed by atoms with Gasteiger partial charge in [0.1, 0.15) is 11.6 Å². The van der Waals surface area contributed by atoms with Crippen LogP contribution in [0.3, 0.4) is 0 Å². The Morgan fingerprint density at radius 1 is 1.14 bits per heavy atom. The molecule has 3 amide bonds. The van der Waals surface area contributed by atoms with E-state index in [2.05, 4.69) is 19.2 Å². The molecule has 2 aromatic rings. The Morgan fingerprint density at radius 3 is 2.34 bits per heavy atom. The largest absolute Gasteiger partial charge is 0.493 e. The topological polar surface area (TPSA) is 82.1 Å². The number of piperidine rings is 1. The normalized spacial score (nSPS) is 17.2. The number of hydrogen-bond acceptors (Lipinski definition) is 3. The van der Waals surface area contributed by atoms with Crippen molar-refractivity contribution in [2.45, 2.75) is 65.2 Å². The minimum absolute atomic E-state index is 0.155. The SMILES string of the molecule is CC(C)COc1ccc(CNC(=O)N(Cc2ccc(F)cc2)[C@H]2CCN(C(=O)O)C(C)(C)C2)cc1. The van der Waals surface area contributed by atoms with Crippen molar-refractivity contribution in [1.29, 1.82) is 0 Å². The zero-order valence-corrected chi connectivity index (χ0v) is 21.0. The second-order valence-electron chi connectivity index (χ2n) is 10.2. The number of carboxylic acid groups (broad SMARTS) is 1. The third-order valence-electron chi connectivity index (χ3n) is 6.30. The van der Waals surface area contributed by atoms with Gasteiger partial charge in [-0.2, -0.15) is 0 Å². The van der Waals surface area contributed by atoms with E-state index < -0.39 is 11.6 Å². The van der Waals surface area contributed by atoms with E-state index in [9.17, 15) is 19.1 Å². The highest BCUT2D eigenvalue weighted by molar-refractivity contribution is 5.75. The molecule has 1 aliphatic rings. The third kappa shape index (κ3) is 7.34. The predicted molar refractivity (Wildman–Crippen MR) is 133 cm³/mol. The Morgan fingerprint density at radius 2 is 1.77 bits per heavy atom. The lowest BCUT2D eigenvalue weighted by atomic mass is 9.86. The van der Waals surface area contributed by atoms with Crippen LogP contribution in [0.4, 0.5) is 14.0 Å². The molecular weight excluding hydrogens is 449 g/mol. The molecule has 1 fully saturated rings. The van der Waals surface area contributed by atoms with Crippen LogP contribution >= 0.6 is 0 Å². The summed E-state index contributed by atoms with van der Waals surface area (Å²) in [7, 11) is 0.